The summed E-state index contributed by atoms with van der Waals surface area (Å²) in [6.45, 7) is 4.02. The minimum atomic E-state index is -2.93. The monoisotopic (exact) mass is 343 g/mol. The maximum absolute atomic E-state index is 12.5. The average molecular weight is 343 g/mol. The van der Waals surface area contributed by atoms with Gasteiger partial charge in [0, 0.05) is 19.1 Å². The number of hydrogen-bond acceptors (Lipinski definition) is 8. The molecule has 128 valence electrons. The van der Waals surface area contributed by atoms with Crippen LogP contribution >= 0.6 is 7.37 Å². The van der Waals surface area contributed by atoms with Gasteiger partial charge in [0.2, 0.25) is 5.95 Å². The van der Waals surface area contributed by atoms with Crippen molar-refractivity contribution in [3.63, 3.8) is 0 Å². The topological polar surface area (TPSA) is 114 Å². The van der Waals surface area contributed by atoms with Gasteiger partial charge >= 0.3 is 0 Å². The number of hydrogen-bond donors (Lipinski definition) is 1. The van der Waals surface area contributed by atoms with Crippen molar-refractivity contribution in [2.45, 2.75) is 26.4 Å². The van der Waals surface area contributed by atoms with Crippen LogP contribution in [-0.4, -0.2) is 52.1 Å². The van der Waals surface area contributed by atoms with Gasteiger partial charge in [0.1, 0.15) is 19.0 Å². The third-order valence-electron chi connectivity index (χ3n) is 3.16. The number of methoxy groups -OCH3 is 1. The molecule has 2 N–H and O–H groups in total. The van der Waals surface area contributed by atoms with Crippen LogP contribution < -0.4 is 5.73 Å². The molecule has 0 bridgehead atoms. The van der Waals surface area contributed by atoms with Crippen molar-refractivity contribution in [2.75, 3.05) is 32.1 Å². The first-order valence-electron chi connectivity index (χ1n) is 7.25. The molecular weight excluding hydrogens is 321 g/mol. The molecule has 0 saturated carbocycles. The van der Waals surface area contributed by atoms with E-state index in [1.807, 2.05) is 6.92 Å². The smallest absolute Gasteiger partial charge is 0.252 e. The van der Waals surface area contributed by atoms with E-state index in [-0.39, 0.29) is 24.7 Å². The number of aromatic nitrogens is 4. The van der Waals surface area contributed by atoms with E-state index in [1.54, 1.807) is 13.1 Å². The first-order valence-corrected chi connectivity index (χ1v) is 9.25. The lowest BCUT2D eigenvalue weighted by atomic mass is 10.2. The van der Waals surface area contributed by atoms with Crippen molar-refractivity contribution >= 4 is 19.0 Å². The number of anilines is 1. The zero-order valence-corrected chi connectivity index (χ0v) is 14.4. The highest BCUT2D eigenvalue weighted by atomic mass is 31.2. The summed E-state index contributed by atoms with van der Waals surface area (Å²) in [6, 6.07) is 0. The highest BCUT2D eigenvalue weighted by molar-refractivity contribution is 7.58. The number of rotatable bonds is 9. The molecular formula is C13H22N5O4P. The Bertz CT molecular complexity index is 682. The molecule has 9 nitrogen and oxygen atoms in total. The lowest BCUT2D eigenvalue weighted by Crippen LogP contribution is -2.15. The van der Waals surface area contributed by atoms with Gasteiger partial charge in [0.15, 0.2) is 5.65 Å². The summed E-state index contributed by atoms with van der Waals surface area (Å²) in [6.07, 6.45) is 3.48. The van der Waals surface area contributed by atoms with Gasteiger partial charge in [0.25, 0.3) is 7.37 Å². The molecule has 0 aromatic carbocycles. The van der Waals surface area contributed by atoms with Crippen LogP contribution in [0, 0.1) is 0 Å². The van der Waals surface area contributed by atoms with Crippen molar-refractivity contribution < 1.29 is 18.6 Å². The molecule has 2 aromatic heterocycles. The predicted molar refractivity (Wildman–Crippen MR) is 85.4 cm³/mol. The van der Waals surface area contributed by atoms with Gasteiger partial charge in [-0.3, -0.25) is 4.57 Å². The Labute approximate surface area is 134 Å². The van der Waals surface area contributed by atoms with Gasteiger partial charge in [-0.15, -0.1) is 0 Å². The van der Waals surface area contributed by atoms with Gasteiger partial charge < -0.3 is 19.7 Å². The summed E-state index contributed by atoms with van der Waals surface area (Å²) in [7, 11) is -1.45. The summed E-state index contributed by atoms with van der Waals surface area (Å²) >= 11 is 0. The Kier molecular flexibility index (Phi) is 6.06. The SMILES string of the molecule is CCOP(=O)(COC)CO[C@H](C)Cc1cnn2c(N)ncnc12. The maximum Gasteiger partial charge on any atom is 0.252 e. The second-order valence-electron chi connectivity index (χ2n) is 5.10. The molecule has 0 radical (unpaired) electrons. The molecule has 0 aliphatic carbocycles. The molecule has 0 fully saturated rings. The molecule has 0 aliphatic heterocycles. The quantitative estimate of drug-likeness (QED) is 0.682. The number of nitrogen functional groups attached to an aromatic ring is 1. The highest BCUT2D eigenvalue weighted by Crippen LogP contribution is 2.46. The van der Waals surface area contributed by atoms with Crippen molar-refractivity contribution in [3.8, 4) is 0 Å². The van der Waals surface area contributed by atoms with E-state index < -0.39 is 7.37 Å². The van der Waals surface area contributed by atoms with E-state index in [4.69, 9.17) is 19.7 Å². The number of fused-ring (bicyclic) bond motifs is 1. The standard InChI is InChI=1S/C13H22N5O4P/c1-4-22-23(19,8-20-3)9-21-10(2)5-11-6-17-18-12(11)15-7-16-13(18)14/h6-7,10H,4-5,8-9H2,1-3H3,(H2,14,15,16)/t10-,23?/m1/s1. The Morgan fingerprint density at radius 1 is 1.39 bits per heavy atom. The van der Waals surface area contributed by atoms with Gasteiger partial charge in [0.05, 0.1) is 18.9 Å². The summed E-state index contributed by atoms with van der Waals surface area (Å²) in [5.41, 5.74) is 7.25. The van der Waals surface area contributed by atoms with Gasteiger partial charge in [-0.25, -0.2) is 9.97 Å². The van der Waals surface area contributed by atoms with Crippen molar-refractivity contribution in [1.29, 1.82) is 0 Å². The van der Waals surface area contributed by atoms with Crippen molar-refractivity contribution in [2.24, 2.45) is 0 Å². The summed E-state index contributed by atoms with van der Waals surface area (Å²) < 4.78 is 29.9. The van der Waals surface area contributed by atoms with Crippen LogP contribution in [0.25, 0.3) is 5.65 Å². The Morgan fingerprint density at radius 3 is 2.87 bits per heavy atom. The van der Waals surface area contributed by atoms with Crippen LogP contribution in [0.1, 0.15) is 19.4 Å². The van der Waals surface area contributed by atoms with Crippen LogP contribution in [0.15, 0.2) is 12.5 Å². The van der Waals surface area contributed by atoms with Crippen LogP contribution in [0.2, 0.25) is 0 Å². The summed E-state index contributed by atoms with van der Waals surface area (Å²) in [5, 5.41) is 4.15. The first kappa shape index (κ1) is 17.8. The average Bonchev–Trinajstić information content (AvgIpc) is 2.91. The predicted octanol–water partition coefficient (Wildman–Crippen LogP) is 1.53. The van der Waals surface area contributed by atoms with Crippen molar-refractivity contribution in [3.05, 3.63) is 18.1 Å². The number of ether oxygens (including phenoxy) is 2. The number of nitrogens with two attached hydrogens (primary N) is 1. The molecule has 0 saturated heterocycles. The second kappa shape index (κ2) is 7.83. The Balaban J connectivity index is 2.00. The Hall–Kier alpha value is -1.54. The van der Waals surface area contributed by atoms with Gasteiger partial charge in [-0.05, 0) is 13.8 Å². The first-order chi connectivity index (χ1) is 11.0. The largest absolute Gasteiger partial charge is 0.375 e. The minimum absolute atomic E-state index is 0.00613. The van der Waals surface area contributed by atoms with Gasteiger partial charge in [-0.2, -0.15) is 9.61 Å². The fourth-order valence-electron chi connectivity index (χ4n) is 2.18. The summed E-state index contributed by atoms with van der Waals surface area (Å²) in [4.78, 5) is 8.06. The third-order valence-corrected chi connectivity index (χ3v) is 5.08. The molecule has 2 aromatic rings. The van der Waals surface area contributed by atoms with E-state index in [0.29, 0.717) is 18.7 Å². The van der Waals surface area contributed by atoms with Crippen LogP contribution in [0.5, 0.6) is 0 Å². The van der Waals surface area contributed by atoms with Crippen LogP contribution in [0.4, 0.5) is 5.95 Å². The van der Waals surface area contributed by atoms with Crippen molar-refractivity contribution in [1.82, 2.24) is 19.6 Å². The lowest BCUT2D eigenvalue weighted by Gasteiger charge is -2.19. The zero-order valence-electron chi connectivity index (χ0n) is 13.5. The normalized spacial score (nSPS) is 15.6. The van der Waals surface area contributed by atoms with E-state index in [1.165, 1.54) is 18.0 Å². The van der Waals surface area contributed by atoms with Crippen LogP contribution in [-0.2, 0) is 25.0 Å². The van der Waals surface area contributed by atoms with E-state index in [0.717, 1.165) is 5.56 Å². The van der Waals surface area contributed by atoms with Crippen LogP contribution in [0.3, 0.4) is 0 Å². The molecule has 2 rings (SSSR count). The van der Waals surface area contributed by atoms with E-state index >= 15 is 0 Å². The molecule has 23 heavy (non-hydrogen) atoms. The molecule has 1 unspecified atom stereocenters. The fraction of sp³-hybridized carbons (Fsp3) is 0.615. The molecule has 0 spiro atoms. The third kappa shape index (κ3) is 4.48. The zero-order chi connectivity index (χ0) is 16.9. The second-order valence-corrected chi connectivity index (χ2v) is 7.50. The highest BCUT2D eigenvalue weighted by Gasteiger charge is 2.24. The van der Waals surface area contributed by atoms with Gasteiger partial charge in [-0.1, -0.05) is 0 Å². The fourth-order valence-corrected chi connectivity index (χ4v) is 3.74. The van der Waals surface area contributed by atoms with E-state index in [2.05, 4.69) is 15.1 Å². The molecule has 2 atom stereocenters. The van der Waals surface area contributed by atoms with E-state index in [9.17, 15) is 4.57 Å². The molecule has 10 heteroatoms. The molecule has 2 heterocycles. The molecule has 0 aliphatic rings. The number of nitrogens with zero attached hydrogens (tertiary/aromatic N) is 4. The lowest BCUT2D eigenvalue weighted by molar-refractivity contribution is 0.0886. The summed E-state index contributed by atoms with van der Waals surface area (Å²) in [5.74, 6) is 0.274. The minimum Gasteiger partial charge on any atom is -0.375 e. The maximum atomic E-state index is 12.5. The Morgan fingerprint density at radius 2 is 2.17 bits per heavy atom. The molecule has 0 amide bonds.